The van der Waals surface area contributed by atoms with Crippen LogP contribution in [0.4, 0.5) is 4.39 Å². The van der Waals surface area contributed by atoms with E-state index in [4.69, 9.17) is 4.74 Å². The number of carbonyl (C=O) groups excluding carboxylic acids is 2. The summed E-state index contributed by atoms with van der Waals surface area (Å²) in [5, 5.41) is 0. The number of amides is 2. The smallest absolute Gasteiger partial charge is 0.230 e. The molecule has 0 radical (unpaired) electrons. The number of fused-ring (bicyclic) bond motifs is 1. The molecular weight excluding hydrogens is 385 g/mol. The molecule has 3 aliphatic rings. The van der Waals surface area contributed by atoms with E-state index < -0.39 is 17.4 Å². The van der Waals surface area contributed by atoms with Crippen LogP contribution < -0.4 is 0 Å². The first-order valence-electron chi connectivity index (χ1n) is 10.0. The molecule has 0 unspecified atom stereocenters. The Hall–Kier alpha value is -3.06. The number of ether oxygens (including phenoxy) is 1. The van der Waals surface area contributed by atoms with E-state index in [9.17, 15) is 14.0 Å². The molecule has 7 heteroatoms. The van der Waals surface area contributed by atoms with Crippen LogP contribution in [0.1, 0.15) is 11.3 Å². The minimum atomic E-state index is -0.756. The molecular formula is C23H22FN3O3. The minimum absolute atomic E-state index is 0.0873. The molecule has 0 aliphatic carbocycles. The summed E-state index contributed by atoms with van der Waals surface area (Å²) in [7, 11) is 1.73. The average Bonchev–Trinajstić information content (AvgIpc) is 3.38. The molecule has 4 atom stereocenters. The van der Waals surface area contributed by atoms with Crippen LogP contribution in [0.25, 0.3) is 0 Å². The molecule has 2 amide bonds. The van der Waals surface area contributed by atoms with Crippen molar-refractivity contribution in [3.05, 3.63) is 77.9 Å². The van der Waals surface area contributed by atoms with Gasteiger partial charge in [0.2, 0.25) is 11.8 Å². The molecule has 2 fully saturated rings. The SMILES string of the molecule is CN(Cc1ccccn1)C(=O)[C@H]1[C@@H]2C=C[C@@]3(CN(Cc4ccc(F)cc4)C(=O)[C@@H]13)O2. The van der Waals surface area contributed by atoms with Crippen LogP contribution in [-0.4, -0.2) is 51.9 Å². The van der Waals surface area contributed by atoms with E-state index >= 15 is 0 Å². The van der Waals surface area contributed by atoms with Gasteiger partial charge in [-0.3, -0.25) is 14.6 Å². The zero-order valence-corrected chi connectivity index (χ0v) is 16.6. The van der Waals surface area contributed by atoms with Crippen LogP contribution in [0, 0.1) is 17.7 Å². The summed E-state index contributed by atoms with van der Waals surface area (Å²) in [5.74, 6) is -1.59. The van der Waals surface area contributed by atoms with Crippen LogP contribution in [0.3, 0.4) is 0 Å². The lowest BCUT2D eigenvalue weighted by atomic mass is 9.76. The molecule has 1 aromatic carbocycles. The van der Waals surface area contributed by atoms with E-state index in [0.29, 0.717) is 19.6 Å². The second-order valence-corrected chi connectivity index (χ2v) is 8.24. The van der Waals surface area contributed by atoms with Crippen LogP contribution in [0.5, 0.6) is 0 Å². The van der Waals surface area contributed by atoms with Gasteiger partial charge in [0.15, 0.2) is 0 Å². The van der Waals surface area contributed by atoms with E-state index in [-0.39, 0.29) is 23.7 Å². The summed E-state index contributed by atoms with van der Waals surface area (Å²) in [5.41, 5.74) is 0.877. The molecule has 0 N–H and O–H groups in total. The van der Waals surface area contributed by atoms with E-state index in [0.717, 1.165) is 11.3 Å². The molecule has 154 valence electrons. The molecule has 3 aliphatic heterocycles. The Bertz CT molecular complexity index is 1010. The summed E-state index contributed by atoms with van der Waals surface area (Å²) in [6, 6.07) is 11.7. The maximum Gasteiger partial charge on any atom is 0.230 e. The number of benzene rings is 1. The minimum Gasteiger partial charge on any atom is -0.360 e. The Kier molecular flexibility index (Phi) is 4.43. The fraction of sp³-hybridized carbons (Fsp3) is 0.348. The highest BCUT2D eigenvalue weighted by molar-refractivity contribution is 5.93. The first-order valence-corrected chi connectivity index (χ1v) is 10.0. The number of hydrogen-bond acceptors (Lipinski definition) is 4. The van der Waals surface area contributed by atoms with Crippen LogP contribution in [-0.2, 0) is 27.4 Å². The Morgan fingerprint density at radius 1 is 1.30 bits per heavy atom. The number of rotatable bonds is 5. The molecule has 0 saturated carbocycles. The summed E-state index contributed by atoms with van der Waals surface area (Å²) in [6.07, 6.45) is 5.15. The van der Waals surface area contributed by atoms with Crippen molar-refractivity contribution in [1.29, 1.82) is 0 Å². The molecule has 2 bridgehead atoms. The van der Waals surface area contributed by atoms with Gasteiger partial charge in [-0.1, -0.05) is 30.4 Å². The number of pyridine rings is 1. The summed E-state index contributed by atoms with van der Waals surface area (Å²) >= 11 is 0. The van der Waals surface area contributed by atoms with Gasteiger partial charge in [0.1, 0.15) is 11.4 Å². The lowest BCUT2D eigenvalue weighted by molar-refractivity contribution is -0.142. The van der Waals surface area contributed by atoms with Crippen molar-refractivity contribution in [2.75, 3.05) is 13.6 Å². The molecule has 5 rings (SSSR count). The number of likely N-dealkylation sites (tertiary alicyclic amines) is 1. The highest BCUT2D eigenvalue weighted by atomic mass is 19.1. The second-order valence-electron chi connectivity index (χ2n) is 8.24. The van der Waals surface area contributed by atoms with Gasteiger partial charge in [-0.25, -0.2) is 4.39 Å². The Morgan fingerprint density at radius 2 is 2.10 bits per heavy atom. The predicted octanol–water partition coefficient (Wildman–Crippen LogP) is 2.16. The monoisotopic (exact) mass is 407 g/mol. The fourth-order valence-electron chi connectivity index (χ4n) is 4.87. The lowest BCUT2D eigenvalue weighted by Crippen LogP contribution is -2.44. The maximum absolute atomic E-state index is 13.3. The fourth-order valence-corrected chi connectivity index (χ4v) is 4.87. The van der Waals surface area contributed by atoms with Gasteiger partial charge in [-0.15, -0.1) is 0 Å². The number of hydrogen-bond donors (Lipinski definition) is 0. The van der Waals surface area contributed by atoms with E-state index in [1.807, 2.05) is 30.4 Å². The quantitative estimate of drug-likeness (QED) is 0.713. The summed E-state index contributed by atoms with van der Waals surface area (Å²) < 4.78 is 19.4. The Balaban J connectivity index is 1.35. The van der Waals surface area contributed by atoms with E-state index in [1.165, 1.54) is 12.1 Å². The van der Waals surface area contributed by atoms with Gasteiger partial charge in [0.05, 0.1) is 36.7 Å². The largest absolute Gasteiger partial charge is 0.360 e. The topological polar surface area (TPSA) is 62.7 Å². The third-order valence-corrected chi connectivity index (χ3v) is 6.25. The highest BCUT2D eigenvalue weighted by Gasteiger charge is 2.67. The molecule has 30 heavy (non-hydrogen) atoms. The van der Waals surface area contributed by atoms with Crippen molar-refractivity contribution < 1.29 is 18.7 Å². The van der Waals surface area contributed by atoms with Crippen molar-refractivity contribution in [2.24, 2.45) is 11.8 Å². The third kappa shape index (κ3) is 3.01. The normalized spacial score (nSPS) is 28.8. The predicted molar refractivity (Wildman–Crippen MR) is 106 cm³/mol. The number of halogens is 1. The van der Waals surface area contributed by atoms with Gasteiger partial charge in [0.25, 0.3) is 0 Å². The molecule has 1 spiro atoms. The zero-order chi connectivity index (χ0) is 20.9. The molecule has 1 aromatic heterocycles. The van der Waals surface area contributed by atoms with Crippen LogP contribution in [0.2, 0.25) is 0 Å². The Morgan fingerprint density at radius 3 is 2.83 bits per heavy atom. The van der Waals surface area contributed by atoms with Gasteiger partial charge >= 0.3 is 0 Å². The van der Waals surface area contributed by atoms with Crippen molar-refractivity contribution in [2.45, 2.75) is 24.8 Å². The zero-order valence-electron chi connectivity index (χ0n) is 16.6. The first kappa shape index (κ1) is 18.9. The summed E-state index contributed by atoms with van der Waals surface area (Å²) in [4.78, 5) is 34.2. The van der Waals surface area contributed by atoms with Crippen LogP contribution >= 0.6 is 0 Å². The average molecular weight is 407 g/mol. The molecule has 4 heterocycles. The van der Waals surface area contributed by atoms with Crippen molar-refractivity contribution >= 4 is 11.8 Å². The molecule has 2 saturated heterocycles. The lowest BCUT2D eigenvalue weighted by Gasteiger charge is -2.27. The van der Waals surface area contributed by atoms with E-state index in [1.54, 1.807) is 35.2 Å². The third-order valence-electron chi connectivity index (χ3n) is 6.25. The highest BCUT2D eigenvalue weighted by Crippen LogP contribution is 2.52. The van der Waals surface area contributed by atoms with Crippen molar-refractivity contribution in [1.82, 2.24) is 14.8 Å². The molecule has 2 aromatic rings. The van der Waals surface area contributed by atoms with Gasteiger partial charge in [-0.2, -0.15) is 0 Å². The number of carbonyl (C=O) groups is 2. The van der Waals surface area contributed by atoms with Gasteiger partial charge < -0.3 is 14.5 Å². The van der Waals surface area contributed by atoms with Crippen LogP contribution in [0.15, 0.2) is 60.8 Å². The van der Waals surface area contributed by atoms with Gasteiger partial charge in [-0.05, 0) is 29.8 Å². The van der Waals surface area contributed by atoms with Crippen molar-refractivity contribution in [3.63, 3.8) is 0 Å². The van der Waals surface area contributed by atoms with Crippen molar-refractivity contribution in [3.8, 4) is 0 Å². The first-order chi connectivity index (χ1) is 14.5. The Labute approximate surface area is 174 Å². The second kappa shape index (κ2) is 7.02. The summed E-state index contributed by atoms with van der Waals surface area (Å²) in [6.45, 7) is 1.14. The van der Waals surface area contributed by atoms with E-state index in [2.05, 4.69) is 4.98 Å². The maximum atomic E-state index is 13.3. The number of nitrogens with zero attached hydrogens (tertiary/aromatic N) is 3. The number of aromatic nitrogens is 1. The van der Waals surface area contributed by atoms with Gasteiger partial charge in [0, 0.05) is 19.8 Å². The standard InChI is InChI=1S/C23H22FN3O3/c1-26(13-17-4-2-3-11-25-17)21(28)19-18-9-10-23(30-18)14-27(22(29)20(19)23)12-15-5-7-16(24)8-6-15/h2-11,18-20H,12-14H2,1H3/t18-,19-,20+,23-/m0/s1. The molecule has 6 nitrogen and oxygen atoms in total.